The highest BCUT2D eigenvalue weighted by molar-refractivity contribution is 6.07. The van der Waals surface area contributed by atoms with E-state index in [9.17, 15) is 9.59 Å². The summed E-state index contributed by atoms with van der Waals surface area (Å²) in [6.07, 6.45) is 1.40. The third-order valence-corrected chi connectivity index (χ3v) is 2.31. The Morgan fingerprint density at radius 1 is 1.58 bits per heavy atom. The van der Waals surface area contributed by atoms with Gasteiger partial charge in [-0.05, 0) is 19.1 Å². The van der Waals surface area contributed by atoms with Gasteiger partial charge in [-0.1, -0.05) is 5.16 Å². The Bertz CT molecular complexity index is 515. The second-order valence-corrected chi connectivity index (χ2v) is 3.60. The van der Waals surface area contributed by atoms with Crippen molar-refractivity contribution in [2.24, 2.45) is 10.9 Å². The topological polar surface area (TPSA) is 127 Å². The van der Waals surface area contributed by atoms with Crippen LogP contribution in [0.3, 0.4) is 0 Å². The first kappa shape index (κ1) is 14.4. The maximum absolute atomic E-state index is 12.0. The molecule has 0 bridgehead atoms. The molecule has 0 unspecified atom stereocenters. The maximum Gasteiger partial charge on any atom is 0.328 e. The number of rotatable bonds is 4. The summed E-state index contributed by atoms with van der Waals surface area (Å²) < 4.78 is 4.49. The van der Waals surface area contributed by atoms with Gasteiger partial charge in [-0.3, -0.25) is 9.78 Å². The zero-order chi connectivity index (χ0) is 14.4. The van der Waals surface area contributed by atoms with E-state index in [1.54, 1.807) is 0 Å². The van der Waals surface area contributed by atoms with Crippen molar-refractivity contribution >= 4 is 17.7 Å². The average Bonchev–Trinajstić information content (AvgIpc) is 2.45. The molecular weight excluding hydrogens is 252 g/mol. The Morgan fingerprint density at radius 2 is 2.26 bits per heavy atom. The number of carbonyl (C=O) groups excluding carboxylic acids is 2. The molecule has 0 saturated heterocycles. The molecule has 8 nitrogen and oxygen atoms in total. The largest absolute Gasteiger partial charge is 0.467 e. The van der Waals surface area contributed by atoms with Gasteiger partial charge in [0.25, 0.3) is 5.91 Å². The fourth-order valence-electron chi connectivity index (χ4n) is 1.35. The van der Waals surface area contributed by atoms with Crippen molar-refractivity contribution in [2.75, 3.05) is 7.11 Å². The van der Waals surface area contributed by atoms with E-state index in [1.807, 2.05) is 0 Å². The van der Waals surface area contributed by atoms with Crippen LogP contribution in [0.4, 0.5) is 0 Å². The second kappa shape index (κ2) is 6.34. The van der Waals surface area contributed by atoms with E-state index >= 15 is 0 Å². The number of hydrogen-bond donors (Lipinski definition) is 3. The summed E-state index contributed by atoms with van der Waals surface area (Å²) in [5.74, 6) is -1.45. The lowest BCUT2D eigenvalue weighted by molar-refractivity contribution is -0.142. The van der Waals surface area contributed by atoms with Crippen molar-refractivity contribution in [3.8, 4) is 0 Å². The standard InChI is InChI=1S/C11H14N4O4/c1-6(11(17)19-2)14-10(16)7-4-3-5-13-8(7)9(12)15-18/h3-6,18H,1-2H3,(H2,12,15)(H,14,16)/t6-/m0/s1. The van der Waals surface area contributed by atoms with Gasteiger partial charge in [0, 0.05) is 6.20 Å². The highest BCUT2D eigenvalue weighted by Gasteiger charge is 2.20. The van der Waals surface area contributed by atoms with Crippen molar-refractivity contribution in [3.63, 3.8) is 0 Å². The molecule has 0 aliphatic heterocycles. The van der Waals surface area contributed by atoms with E-state index in [-0.39, 0.29) is 17.1 Å². The van der Waals surface area contributed by atoms with Gasteiger partial charge in [-0.15, -0.1) is 0 Å². The monoisotopic (exact) mass is 266 g/mol. The Morgan fingerprint density at radius 3 is 2.84 bits per heavy atom. The molecule has 0 saturated carbocycles. The van der Waals surface area contributed by atoms with E-state index in [4.69, 9.17) is 10.9 Å². The molecule has 1 aromatic rings. The highest BCUT2D eigenvalue weighted by atomic mass is 16.5. The molecular formula is C11H14N4O4. The molecule has 8 heteroatoms. The lowest BCUT2D eigenvalue weighted by atomic mass is 10.1. The van der Waals surface area contributed by atoms with Crippen LogP contribution < -0.4 is 11.1 Å². The number of pyridine rings is 1. The third-order valence-electron chi connectivity index (χ3n) is 2.31. The lowest BCUT2D eigenvalue weighted by Crippen LogP contribution is -2.40. The minimum atomic E-state index is -0.821. The summed E-state index contributed by atoms with van der Waals surface area (Å²) in [6.45, 7) is 1.48. The summed E-state index contributed by atoms with van der Waals surface area (Å²) in [5, 5.41) is 13.8. The van der Waals surface area contributed by atoms with Crippen molar-refractivity contribution in [1.29, 1.82) is 0 Å². The van der Waals surface area contributed by atoms with E-state index in [0.29, 0.717) is 0 Å². The molecule has 102 valence electrons. The van der Waals surface area contributed by atoms with Crippen LogP contribution in [-0.4, -0.2) is 41.1 Å². The number of amides is 1. The number of nitrogens with one attached hydrogen (secondary N) is 1. The third kappa shape index (κ3) is 3.41. The van der Waals surface area contributed by atoms with Crippen molar-refractivity contribution < 1.29 is 19.5 Å². The summed E-state index contributed by atoms with van der Waals surface area (Å²) in [7, 11) is 1.22. The zero-order valence-corrected chi connectivity index (χ0v) is 10.5. The van der Waals surface area contributed by atoms with Gasteiger partial charge in [0.05, 0.1) is 12.7 Å². The minimum Gasteiger partial charge on any atom is -0.467 e. The summed E-state index contributed by atoms with van der Waals surface area (Å²) >= 11 is 0. The average molecular weight is 266 g/mol. The predicted molar refractivity (Wildman–Crippen MR) is 65.7 cm³/mol. The molecule has 1 amide bonds. The molecule has 4 N–H and O–H groups in total. The molecule has 0 aliphatic carbocycles. The molecule has 1 heterocycles. The van der Waals surface area contributed by atoms with Gasteiger partial charge in [0.2, 0.25) is 0 Å². The Balaban J connectivity index is 2.98. The smallest absolute Gasteiger partial charge is 0.328 e. The molecule has 0 aromatic carbocycles. The second-order valence-electron chi connectivity index (χ2n) is 3.60. The molecule has 19 heavy (non-hydrogen) atoms. The van der Waals surface area contributed by atoms with Crippen LogP contribution in [-0.2, 0) is 9.53 Å². The van der Waals surface area contributed by atoms with Crippen LogP contribution >= 0.6 is 0 Å². The van der Waals surface area contributed by atoms with Crippen LogP contribution in [0.15, 0.2) is 23.5 Å². The predicted octanol–water partition coefficient (Wildman–Crippen LogP) is -0.533. The van der Waals surface area contributed by atoms with Crippen LogP contribution in [0, 0.1) is 0 Å². The minimum absolute atomic E-state index is 0.0274. The Hall–Kier alpha value is -2.64. The quantitative estimate of drug-likeness (QED) is 0.221. The van der Waals surface area contributed by atoms with Crippen molar-refractivity contribution in [3.05, 3.63) is 29.6 Å². The number of nitrogens with zero attached hydrogens (tertiary/aromatic N) is 2. The number of nitrogens with two attached hydrogens (primary N) is 1. The number of ether oxygens (including phenoxy) is 1. The van der Waals surface area contributed by atoms with Crippen LogP contribution in [0.2, 0.25) is 0 Å². The molecule has 0 spiro atoms. The first-order valence-electron chi connectivity index (χ1n) is 5.32. The molecule has 0 radical (unpaired) electrons. The van der Waals surface area contributed by atoms with E-state index in [1.165, 1.54) is 32.4 Å². The number of carbonyl (C=O) groups is 2. The van der Waals surface area contributed by atoms with Gasteiger partial charge < -0.3 is 21.0 Å². The van der Waals surface area contributed by atoms with Gasteiger partial charge in [-0.25, -0.2) is 4.79 Å². The molecule has 1 aromatic heterocycles. The number of hydrogen-bond acceptors (Lipinski definition) is 6. The zero-order valence-electron chi connectivity index (χ0n) is 10.5. The number of methoxy groups -OCH3 is 1. The van der Waals surface area contributed by atoms with Crippen LogP contribution in [0.5, 0.6) is 0 Å². The number of aromatic nitrogens is 1. The van der Waals surface area contributed by atoms with Crippen molar-refractivity contribution in [2.45, 2.75) is 13.0 Å². The fraction of sp³-hybridized carbons (Fsp3) is 0.273. The molecule has 0 fully saturated rings. The first-order chi connectivity index (χ1) is 9.01. The van der Waals surface area contributed by atoms with E-state index < -0.39 is 17.9 Å². The van der Waals surface area contributed by atoms with E-state index in [0.717, 1.165) is 0 Å². The number of esters is 1. The summed E-state index contributed by atoms with van der Waals surface area (Å²) in [5.41, 5.74) is 5.53. The SMILES string of the molecule is COC(=O)[C@H](C)NC(=O)c1cccnc1/C(N)=N/O. The molecule has 0 aliphatic rings. The van der Waals surface area contributed by atoms with Gasteiger partial charge in [0.15, 0.2) is 5.84 Å². The van der Waals surface area contributed by atoms with Gasteiger partial charge in [0.1, 0.15) is 11.7 Å². The van der Waals surface area contributed by atoms with Crippen molar-refractivity contribution in [1.82, 2.24) is 10.3 Å². The summed E-state index contributed by atoms with van der Waals surface area (Å²) in [6, 6.07) is 2.14. The molecule has 1 atom stereocenters. The molecule has 1 rings (SSSR count). The summed E-state index contributed by atoms with van der Waals surface area (Å²) in [4.78, 5) is 27.0. The Labute approximate surface area is 109 Å². The lowest BCUT2D eigenvalue weighted by Gasteiger charge is -2.12. The Kier molecular flexibility index (Phi) is 4.81. The fourth-order valence-corrected chi connectivity index (χ4v) is 1.35. The van der Waals surface area contributed by atoms with Crippen LogP contribution in [0.1, 0.15) is 23.0 Å². The van der Waals surface area contributed by atoms with Gasteiger partial charge in [-0.2, -0.15) is 0 Å². The first-order valence-corrected chi connectivity index (χ1v) is 5.32. The van der Waals surface area contributed by atoms with E-state index in [2.05, 4.69) is 20.2 Å². The highest BCUT2D eigenvalue weighted by Crippen LogP contribution is 2.05. The van der Waals surface area contributed by atoms with Gasteiger partial charge >= 0.3 is 5.97 Å². The number of oxime groups is 1. The van der Waals surface area contributed by atoms with Crippen LogP contribution in [0.25, 0.3) is 0 Å². The maximum atomic E-state index is 12.0. The number of amidine groups is 1. The normalized spacial score (nSPS) is 12.6.